The predicted octanol–water partition coefficient (Wildman–Crippen LogP) is 11.5. The van der Waals surface area contributed by atoms with Crippen molar-refractivity contribution in [2.45, 2.75) is 145 Å². The SMILES string of the molecule is C=C.C=C.C=C(CC)OC[Si](C)(O[Si](C)(C)C)O[Si](C)(C)O[Si](C)(C)C.C=C(CC)OC[Si](C)(O[Si](C)(C)C)O[Si](C)(C)O[Si](C)(C)C. The smallest absolute Gasteiger partial charge is 0.354 e. The Morgan fingerprint density at radius 3 is 0.750 bits per heavy atom. The summed E-state index contributed by atoms with van der Waals surface area (Å²) in [7, 11) is -16.2. The number of hydrogen-bond donors (Lipinski definition) is 0. The summed E-state index contributed by atoms with van der Waals surface area (Å²) >= 11 is 0. The molecule has 0 bridgehead atoms. The van der Waals surface area contributed by atoms with Crippen molar-refractivity contribution < 1.29 is 34.2 Å². The van der Waals surface area contributed by atoms with E-state index in [9.17, 15) is 0 Å². The maximum atomic E-state index is 6.51. The maximum Gasteiger partial charge on any atom is 0.354 e. The van der Waals surface area contributed by atoms with Gasteiger partial charge in [-0.05, 0) is 118 Å². The maximum absolute atomic E-state index is 6.51. The first kappa shape index (κ1) is 54.8. The van der Waals surface area contributed by atoms with Gasteiger partial charge >= 0.3 is 34.2 Å². The zero-order valence-corrected chi connectivity index (χ0v) is 43.3. The fraction of sp³-hybridized carbons (Fsp3) is 0.750. The minimum atomic E-state index is -2.46. The molecule has 0 aromatic heterocycles. The monoisotopic (exact) mass is 816 g/mol. The van der Waals surface area contributed by atoms with Crippen molar-refractivity contribution in [1.29, 1.82) is 0 Å². The van der Waals surface area contributed by atoms with Gasteiger partial charge in [-0.3, -0.25) is 0 Å². The minimum Gasteiger partial charge on any atom is -0.497 e. The van der Waals surface area contributed by atoms with Gasteiger partial charge in [0.2, 0.25) is 0 Å². The molecule has 0 aliphatic carbocycles. The molecular formula is C32H80O8Si8. The first-order valence-electron chi connectivity index (χ1n) is 17.0. The van der Waals surface area contributed by atoms with Gasteiger partial charge in [0.1, 0.15) is 12.5 Å². The minimum absolute atomic E-state index is 0.482. The summed E-state index contributed by atoms with van der Waals surface area (Å²) in [5, 5.41) is 0. The van der Waals surface area contributed by atoms with Gasteiger partial charge in [-0.15, -0.1) is 26.3 Å². The molecule has 2 atom stereocenters. The van der Waals surface area contributed by atoms with Gasteiger partial charge in [0.05, 0.1) is 11.5 Å². The first-order chi connectivity index (χ1) is 21.2. The Hall–Kier alpha value is 0.0551. The fourth-order valence-electron chi connectivity index (χ4n) is 4.68. The van der Waals surface area contributed by atoms with E-state index < -0.39 is 67.5 Å². The lowest BCUT2D eigenvalue weighted by Gasteiger charge is -2.41. The predicted molar refractivity (Wildman–Crippen MR) is 231 cm³/mol. The van der Waals surface area contributed by atoms with E-state index in [0.29, 0.717) is 12.5 Å². The van der Waals surface area contributed by atoms with Crippen molar-refractivity contribution in [3.05, 3.63) is 51.0 Å². The largest absolute Gasteiger partial charge is 0.497 e. The van der Waals surface area contributed by atoms with Gasteiger partial charge in [0.15, 0.2) is 33.3 Å². The van der Waals surface area contributed by atoms with Crippen molar-refractivity contribution in [3.63, 3.8) is 0 Å². The van der Waals surface area contributed by atoms with Crippen molar-refractivity contribution in [3.8, 4) is 0 Å². The summed E-state index contributed by atoms with van der Waals surface area (Å²) in [6.07, 6.45) is 2.58. The lowest BCUT2D eigenvalue weighted by atomic mass is 10.4. The van der Waals surface area contributed by atoms with Gasteiger partial charge in [-0.25, -0.2) is 0 Å². The summed E-state index contributed by atoms with van der Waals surface area (Å²) in [5.41, 5.74) is 0. The number of rotatable bonds is 20. The van der Waals surface area contributed by atoms with Crippen LogP contribution in [0.15, 0.2) is 51.0 Å². The number of allylic oxidation sites excluding steroid dienone is 2. The number of hydrogen-bond acceptors (Lipinski definition) is 8. The molecule has 0 rings (SSSR count). The van der Waals surface area contributed by atoms with Crippen molar-refractivity contribution in [1.82, 2.24) is 0 Å². The average molecular weight is 818 g/mol. The third-order valence-electron chi connectivity index (χ3n) is 4.94. The van der Waals surface area contributed by atoms with Gasteiger partial charge in [0.25, 0.3) is 0 Å². The second-order valence-electron chi connectivity index (χ2n) is 16.5. The molecule has 0 spiro atoms. The molecule has 16 heteroatoms. The summed E-state index contributed by atoms with van der Waals surface area (Å²) in [4.78, 5) is 0. The van der Waals surface area contributed by atoms with Crippen molar-refractivity contribution in [2.75, 3.05) is 12.5 Å². The zero-order valence-electron chi connectivity index (χ0n) is 35.3. The second kappa shape index (κ2) is 22.9. The normalized spacial score (nSPS) is 15.1. The summed E-state index contributed by atoms with van der Waals surface area (Å²) in [6, 6.07) is 0. The lowest BCUT2D eigenvalue weighted by molar-refractivity contribution is 0.206. The van der Waals surface area contributed by atoms with Crippen LogP contribution in [-0.4, -0.2) is 80.0 Å². The highest BCUT2D eigenvalue weighted by Gasteiger charge is 2.46. The molecule has 0 aromatic rings. The van der Waals surface area contributed by atoms with Gasteiger partial charge in [-0.2, -0.15) is 0 Å². The lowest BCUT2D eigenvalue weighted by Crippen LogP contribution is -2.59. The molecule has 2 unspecified atom stereocenters. The van der Waals surface area contributed by atoms with Crippen molar-refractivity contribution >= 4 is 67.5 Å². The van der Waals surface area contributed by atoms with E-state index in [-0.39, 0.29) is 0 Å². The Labute approximate surface area is 308 Å². The van der Waals surface area contributed by atoms with Crippen LogP contribution in [0, 0.1) is 0 Å². The van der Waals surface area contributed by atoms with Gasteiger partial charge in [0, 0.05) is 12.8 Å². The topological polar surface area (TPSA) is 73.8 Å². The Bertz CT molecular complexity index is 851. The van der Waals surface area contributed by atoms with Crippen LogP contribution in [0.5, 0.6) is 0 Å². The molecule has 0 saturated carbocycles. The van der Waals surface area contributed by atoms with Gasteiger partial charge < -0.3 is 34.2 Å². The highest BCUT2D eigenvalue weighted by molar-refractivity contribution is 6.90. The van der Waals surface area contributed by atoms with Crippen LogP contribution in [0.2, 0.25) is 118 Å². The molecule has 0 fully saturated rings. The van der Waals surface area contributed by atoms with Crippen LogP contribution in [0.1, 0.15) is 26.7 Å². The summed E-state index contributed by atoms with van der Waals surface area (Å²) in [5.74, 6) is 1.57. The quantitative estimate of drug-likeness (QED) is 0.0683. The molecule has 288 valence electrons. The molecule has 0 aliphatic rings. The first-order valence-corrected chi connectivity index (χ1v) is 41.3. The number of ether oxygens (including phenoxy) is 2. The molecule has 48 heavy (non-hydrogen) atoms. The second-order valence-corrected chi connectivity index (χ2v) is 49.0. The highest BCUT2D eigenvalue weighted by Crippen LogP contribution is 2.26. The van der Waals surface area contributed by atoms with E-state index in [1.807, 2.05) is 13.8 Å². The highest BCUT2D eigenvalue weighted by atomic mass is 28.5. The Balaban J connectivity index is -0.000000365. The van der Waals surface area contributed by atoms with E-state index in [0.717, 1.165) is 24.4 Å². The Morgan fingerprint density at radius 1 is 0.375 bits per heavy atom. The average Bonchev–Trinajstić information content (AvgIpc) is 2.82. The summed E-state index contributed by atoms with van der Waals surface area (Å²) < 4.78 is 50.1. The Kier molecular flexibility index (Phi) is 26.1. The van der Waals surface area contributed by atoms with Crippen LogP contribution in [-0.2, 0) is 34.2 Å². The molecule has 0 amide bonds. The van der Waals surface area contributed by atoms with E-state index in [1.54, 1.807) is 0 Å². The van der Waals surface area contributed by atoms with Crippen molar-refractivity contribution in [2.24, 2.45) is 0 Å². The molecule has 0 aliphatic heterocycles. The van der Waals surface area contributed by atoms with Gasteiger partial charge in [-0.1, -0.05) is 27.0 Å². The Morgan fingerprint density at radius 2 is 0.583 bits per heavy atom. The van der Waals surface area contributed by atoms with Crippen LogP contribution in [0.4, 0.5) is 0 Å². The molecule has 0 N–H and O–H groups in total. The van der Waals surface area contributed by atoms with E-state index >= 15 is 0 Å². The standard InChI is InChI=1S/2C14H36O4Si4.2C2H4/c2*1-12-14(2)15-13-22(11,17-20(6,7)8)18-21(9,10)16-19(3,4)5;2*1-2/h2*2,12-13H2,1,3-11H3;2*1-2H2. The zero-order chi connectivity index (χ0) is 39.6. The fourth-order valence-corrected chi connectivity index (χ4v) is 39.2. The molecule has 0 radical (unpaired) electrons. The van der Waals surface area contributed by atoms with E-state index in [4.69, 9.17) is 34.2 Å². The molecule has 0 aromatic carbocycles. The third kappa shape index (κ3) is 34.5. The van der Waals surface area contributed by atoms with Crippen LogP contribution >= 0.6 is 0 Å². The molecule has 0 heterocycles. The molecule has 8 nitrogen and oxygen atoms in total. The molecule has 0 saturated heterocycles. The van der Waals surface area contributed by atoms with Crippen LogP contribution in [0.3, 0.4) is 0 Å². The summed E-state index contributed by atoms with van der Waals surface area (Å²) in [6.45, 7) is 62.8. The van der Waals surface area contributed by atoms with E-state index in [2.05, 4.69) is 157 Å². The van der Waals surface area contributed by atoms with Crippen LogP contribution in [0.25, 0.3) is 0 Å². The molecular weight excluding hydrogens is 737 g/mol. The van der Waals surface area contributed by atoms with Crippen LogP contribution < -0.4 is 0 Å². The third-order valence-corrected chi connectivity index (χ3v) is 30.8. The van der Waals surface area contributed by atoms with E-state index in [1.165, 1.54) is 0 Å².